The Morgan fingerprint density at radius 1 is 0.333 bits per heavy atom. The van der Waals surface area contributed by atoms with Crippen molar-refractivity contribution in [2.75, 3.05) is 0 Å². The van der Waals surface area contributed by atoms with Crippen molar-refractivity contribution >= 4 is 43.6 Å². The molecular formula is C40H48AgN4. The number of nitrogens with zero attached hydrogens (tertiary/aromatic N) is 4. The largest absolute Gasteiger partial charge is 0.251 e. The predicted molar refractivity (Wildman–Crippen MR) is 189 cm³/mol. The summed E-state index contributed by atoms with van der Waals surface area (Å²) in [7, 11) is 0. The molecule has 4 heterocycles. The van der Waals surface area contributed by atoms with E-state index in [2.05, 4.69) is 100 Å². The molecule has 2 aromatic carbocycles. The fourth-order valence-electron chi connectivity index (χ4n) is 5.69. The Bertz CT molecular complexity index is 1560. The van der Waals surface area contributed by atoms with Crippen molar-refractivity contribution in [1.82, 2.24) is 19.9 Å². The van der Waals surface area contributed by atoms with Crippen LogP contribution >= 0.6 is 0 Å². The molecule has 0 aliphatic rings. The number of unbranched alkanes of at least 4 members (excludes halogenated alkanes) is 4. The normalized spacial score (nSPS) is 11.1. The first kappa shape index (κ1) is 34.7. The summed E-state index contributed by atoms with van der Waals surface area (Å²) in [6.45, 7) is 8.88. The van der Waals surface area contributed by atoms with Gasteiger partial charge in [0.1, 0.15) is 0 Å². The maximum absolute atomic E-state index is 4.90. The van der Waals surface area contributed by atoms with Gasteiger partial charge in [-0.1, -0.05) is 102 Å². The molecule has 239 valence electrons. The van der Waals surface area contributed by atoms with Gasteiger partial charge in [-0.05, 0) is 75.6 Å². The number of benzene rings is 2. The molecule has 4 aromatic heterocycles. The Morgan fingerprint density at radius 2 is 0.533 bits per heavy atom. The van der Waals surface area contributed by atoms with Gasteiger partial charge in [0.25, 0.3) is 0 Å². The van der Waals surface area contributed by atoms with Crippen LogP contribution in [0.3, 0.4) is 0 Å². The van der Waals surface area contributed by atoms with E-state index >= 15 is 0 Å². The zero-order valence-corrected chi connectivity index (χ0v) is 29.0. The second-order valence-electron chi connectivity index (χ2n) is 12.0. The Balaban J connectivity index is 0.000000200. The van der Waals surface area contributed by atoms with Crippen LogP contribution in [0.25, 0.3) is 43.6 Å². The van der Waals surface area contributed by atoms with E-state index in [1.165, 1.54) is 95.7 Å². The minimum atomic E-state index is 0. The molecule has 0 aliphatic heterocycles. The van der Waals surface area contributed by atoms with Gasteiger partial charge in [-0.2, -0.15) is 0 Å². The first-order chi connectivity index (χ1) is 21.6. The topological polar surface area (TPSA) is 51.6 Å². The number of aromatic nitrogens is 4. The third-order valence-electron chi connectivity index (χ3n) is 8.42. The van der Waals surface area contributed by atoms with Crippen molar-refractivity contribution in [3.63, 3.8) is 0 Å². The van der Waals surface area contributed by atoms with Crippen LogP contribution in [-0.4, -0.2) is 19.9 Å². The van der Waals surface area contributed by atoms with Gasteiger partial charge < -0.3 is 0 Å². The number of aryl methyl sites for hydroxylation is 4. The third-order valence-corrected chi connectivity index (χ3v) is 8.42. The Morgan fingerprint density at radius 3 is 0.733 bits per heavy atom. The number of rotatable bonds is 12. The number of fused-ring (bicyclic) bond motifs is 6. The third kappa shape index (κ3) is 8.97. The van der Waals surface area contributed by atoms with Crippen LogP contribution in [-0.2, 0) is 48.1 Å². The molecule has 0 saturated carbocycles. The zero-order chi connectivity index (χ0) is 30.7. The monoisotopic (exact) mass is 691 g/mol. The second kappa shape index (κ2) is 17.5. The van der Waals surface area contributed by atoms with Gasteiger partial charge in [-0.25, -0.2) is 0 Å². The van der Waals surface area contributed by atoms with Crippen molar-refractivity contribution in [3.8, 4) is 0 Å². The quantitative estimate of drug-likeness (QED) is 0.0946. The number of pyridine rings is 4. The summed E-state index contributed by atoms with van der Waals surface area (Å²) in [5.74, 6) is 0. The fraction of sp³-hybridized carbons (Fsp3) is 0.400. The molecule has 0 amide bonds. The second-order valence-corrected chi connectivity index (χ2v) is 12.0. The first-order valence-corrected chi connectivity index (χ1v) is 17.0. The average molecular weight is 693 g/mol. The van der Waals surface area contributed by atoms with Gasteiger partial charge in [0, 0.05) is 66.7 Å². The summed E-state index contributed by atoms with van der Waals surface area (Å²) in [5.41, 5.74) is 8.97. The van der Waals surface area contributed by atoms with Crippen LogP contribution < -0.4 is 0 Å². The van der Waals surface area contributed by atoms with Gasteiger partial charge in [0.05, 0.1) is 22.1 Å². The number of hydrogen-bond acceptors (Lipinski definition) is 4. The summed E-state index contributed by atoms with van der Waals surface area (Å²) < 4.78 is 0. The van der Waals surface area contributed by atoms with Gasteiger partial charge >= 0.3 is 0 Å². The van der Waals surface area contributed by atoms with E-state index in [-0.39, 0.29) is 22.4 Å². The van der Waals surface area contributed by atoms with Crippen molar-refractivity contribution in [2.45, 2.75) is 105 Å². The smallest absolute Gasteiger partial charge is 0.0967 e. The van der Waals surface area contributed by atoms with Crippen molar-refractivity contribution in [3.05, 3.63) is 95.6 Å². The van der Waals surface area contributed by atoms with Crippen LogP contribution in [0.4, 0.5) is 0 Å². The standard InChI is InChI=1S/2C20H24N2.Ag/c2*1-3-5-7-17-13-11-15-9-10-16-12-14-18(8-6-4-2)22-20(16)19(15)21-17;/h2*9-14H,3-8H2,1-2H3;. The maximum atomic E-state index is 4.90. The minimum Gasteiger partial charge on any atom is -0.251 e. The van der Waals surface area contributed by atoms with Crippen LogP contribution in [0.1, 0.15) is 102 Å². The van der Waals surface area contributed by atoms with Crippen molar-refractivity contribution in [2.24, 2.45) is 0 Å². The van der Waals surface area contributed by atoms with E-state index < -0.39 is 0 Å². The first-order valence-electron chi connectivity index (χ1n) is 17.0. The molecular weight excluding hydrogens is 644 g/mol. The Labute approximate surface area is 285 Å². The van der Waals surface area contributed by atoms with E-state index in [0.29, 0.717) is 0 Å². The fourth-order valence-corrected chi connectivity index (χ4v) is 5.69. The minimum absolute atomic E-state index is 0. The summed E-state index contributed by atoms with van der Waals surface area (Å²) >= 11 is 0. The molecule has 0 spiro atoms. The summed E-state index contributed by atoms with van der Waals surface area (Å²) in [6, 6.07) is 26.0. The molecule has 45 heavy (non-hydrogen) atoms. The van der Waals surface area contributed by atoms with Gasteiger partial charge in [0.15, 0.2) is 0 Å². The molecule has 6 rings (SSSR count). The Kier molecular flexibility index (Phi) is 13.5. The van der Waals surface area contributed by atoms with E-state index in [4.69, 9.17) is 19.9 Å². The van der Waals surface area contributed by atoms with E-state index in [0.717, 1.165) is 47.8 Å². The SMILES string of the molecule is CCCCc1ccc2ccc3ccc(CCCC)nc3c2n1.CCCCc1ccc2ccc3ccc(CCCC)nc3c2n1.[Ag]. The molecule has 1 radical (unpaired) electrons. The van der Waals surface area contributed by atoms with Gasteiger partial charge in [0.2, 0.25) is 0 Å². The van der Waals surface area contributed by atoms with Crippen molar-refractivity contribution < 1.29 is 22.4 Å². The number of hydrogen-bond donors (Lipinski definition) is 0. The molecule has 0 atom stereocenters. The summed E-state index contributed by atoms with van der Waals surface area (Å²) in [5, 5.41) is 4.75. The molecule has 0 unspecified atom stereocenters. The Hall–Kier alpha value is -3.18. The zero-order valence-electron chi connectivity index (χ0n) is 27.5. The van der Waals surface area contributed by atoms with Crippen LogP contribution in [0, 0.1) is 0 Å². The molecule has 0 saturated heterocycles. The molecule has 0 N–H and O–H groups in total. The van der Waals surface area contributed by atoms with Gasteiger partial charge in [-0.3, -0.25) is 19.9 Å². The van der Waals surface area contributed by atoms with Crippen LogP contribution in [0.2, 0.25) is 0 Å². The van der Waals surface area contributed by atoms with E-state index in [1.54, 1.807) is 0 Å². The molecule has 0 fully saturated rings. The summed E-state index contributed by atoms with van der Waals surface area (Å²) in [4.78, 5) is 19.6. The summed E-state index contributed by atoms with van der Waals surface area (Å²) in [6.07, 6.45) is 13.8. The molecule has 4 nitrogen and oxygen atoms in total. The average Bonchev–Trinajstić information content (AvgIpc) is 3.07. The maximum Gasteiger partial charge on any atom is 0.0967 e. The van der Waals surface area contributed by atoms with Crippen LogP contribution in [0.15, 0.2) is 72.8 Å². The van der Waals surface area contributed by atoms with E-state index in [9.17, 15) is 0 Å². The van der Waals surface area contributed by atoms with Crippen molar-refractivity contribution in [1.29, 1.82) is 0 Å². The van der Waals surface area contributed by atoms with Crippen LogP contribution in [0.5, 0.6) is 0 Å². The molecule has 0 bridgehead atoms. The predicted octanol–water partition coefficient (Wildman–Crippen LogP) is 10.9. The van der Waals surface area contributed by atoms with Gasteiger partial charge in [-0.15, -0.1) is 0 Å². The molecule has 6 aromatic rings. The molecule has 0 aliphatic carbocycles. The molecule has 5 heteroatoms. The van der Waals surface area contributed by atoms with E-state index in [1.807, 2.05) is 0 Å².